The van der Waals surface area contributed by atoms with Gasteiger partial charge in [0, 0.05) is 22.2 Å². The molecule has 26 heavy (non-hydrogen) atoms. The molecule has 0 unspecified atom stereocenters. The highest BCUT2D eigenvalue weighted by Crippen LogP contribution is 2.57. The van der Waals surface area contributed by atoms with Crippen LogP contribution in [0.1, 0.15) is 51.5 Å². The lowest BCUT2D eigenvalue weighted by Crippen LogP contribution is -2.79. The Labute approximate surface area is 165 Å². The van der Waals surface area contributed by atoms with Crippen LogP contribution < -0.4 is 0 Å². The van der Waals surface area contributed by atoms with Crippen LogP contribution in [0.15, 0.2) is 18.2 Å². The lowest BCUT2D eigenvalue weighted by molar-refractivity contribution is -0.251. The Morgan fingerprint density at radius 1 is 1.00 bits per heavy atom. The van der Waals surface area contributed by atoms with Crippen molar-refractivity contribution in [2.45, 2.75) is 64.1 Å². The van der Waals surface area contributed by atoms with Gasteiger partial charge in [0.05, 0.1) is 6.04 Å². The SMILES string of the molecule is CC1(C)C(=O)N(C2C3CC4CC(C3)CC2C4)N1Cc1c(Cl)cccc1Cl. The molecule has 140 valence electrons. The van der Waals surface area contributed by atoms with Crippen molar-refractivity contribution in [1.29, 1.82) is 0 Å². The van der Waals surface area contributed by atoms with Gasteiger partial charge in [-0.3, -0.25) is 9.80 Å². The van der Waals surface area contributed by atoms with Crippen molar-refractivity contribution in [3.63, 3.8) is 0 Å². The van der Waals surface area contributed by atoms with Gasteiger partial charge in [0.1, 0.15) is 5.54 Å². The molecule has 5 fully saturated rings. The molecule has 0 atom stereocenters. The highest BCUT2D eigenvalue weighted by atomic mass is 35.5. The van der Waals surface area contributed by atoms with Crippen molar-refractivity contribution < 1.29 is 4.79 Å². The highest BCUT2D eigenvalue weighted by molar-refractivity contribution is 6.36. The molecule has 1 aromatic carbocycles. The fraction of sp³-hybridized carbons (Fsp3) is 0.667. The molecule has 1 saturated heterocycles. The summed E-state index contributed by atoms with van der Waals surface area (Å²) in [5, 5.41) is 5.69. The maximum absolute atomic E-state index is 13.1. The zero-order valence-electron chi connectivity index (χ0n) is 15.4. The Kier molecular flexibility index (Phi) is 3.91. The van der Waals surface area contributed by atoms with Crippen LogP contribution in [0.2, 0.25) is 10.0 Å². The van der Waals surface area contributed by atoms with Crippen LogP contribution >= 0.6 is 23.2 Å². The van der Waals surface area contributed by atoms with Gasteiger partial charge >= 0.3 is 0 Å². The minimum atomic E-state index is -0.489. The molecule has 4 aliphatic carbocycles. The first-order chi connectivity index (χ1) is 12.4. The van der Waals surface area contributed by atoms with Gasteiger partial charge in [0.2, 0.25) is 0 Å². The summed E-state index contributed by atoms with van der Waals surface area (Å²) in [6, 6.07) is 6.01. The van der Waals surface area contributed by atoms with Gasteiger partial charge in [-0.1, -0.05) is 29.3 Å². The third kappa shape index (κ3) is 2.40. The molecule has 5 heteroatoms. The highest BCUT2D eigenvalue weighted by Gasteiger charge is 2.60. The number of benzene rings is 1. The van der Waals surface area contributed by atoms with Crippen LogP contribution in [-0.4, -0.2) is 27.5 Å². The summed E-state index contributed by atoms with van der Waals surface area (Å²) in [6.45, 7) is 4.64. The van der Waals surface area contributed by atoms with E-state index in [1.54, 1.807) is 0 Å². The summed E-state index contributed by atoms with van der Waals surface area (Å²) in [5.41, 5.74) is 0.433. The van der Waals surface area contributed by atoms with Crippen molar-refractivity contribution in [1.82, 2.24) is 10.0 Å². The Bertz CT molecular complexity index is 714. The molecule has 4 saturated carbocycles. The summed E-state index contributed by atoms with van der Waals surface area (Å²) in [5.74, 6) is 3.43. The lowest BCUT2D eigenvalue weighted by Gasteiger charge is -2.65. The van der Waals surface area contributed by atoms with Gasteiger partial charge in [0.15, 0.2) is 0 Å². The van der Waals surface area contributed by atoms with Crippen LogP contribution in [0, 0.1) is 23.7 Å². The maximum atomic E-state index is 13.1. The first kappa shape index (κ1) is 17.3. The molecule has 1 heterocycles. The van der Waals surface area contributed by atoms with Gasteiger partial charge in [-0.15, -0.1) is 0 Å². The first-order valence-electron chi connectivity index (χ1n) is 9.90. The van der Waals surface area contributed by atoms with Gasteiger partial charge < -0.3 is 0 Å². The van der Waals surface area contributed by atoms with E-state index < -0.39 is 5.54 Å². The first-order valence-corrected chi connectivity index (χ1v) is 10.7. The van der Waals surface area contributed by atoms with E-state index in [0.717, 1.165) is 17.4 Å². The normalized spacial score (nSPS) is 37.9. The summed E-state index contributed by atoms with van der Waals surface area (Å²) in [6.07, 6.45) is 6.66. The minimum absolute atomic E-state index is 0.262. The Balaban J connectivity index is 1.45. The molecule has 3 nitrogen and oxygen atoms in total. The standard InChI is InChI=1S/C21H26Cl2N2O/c1-21(2)20(26)25(24(21)11-16-17(22)4-3-5-18(16)23)19-14-7-12-6-13(9-14)10-15(19)8-12/h3-5,12-15,19H,6-11H2,1-2H3. The smallest absolute Gasteiger partial charge is 0.258 e. The van der Waals surface area contributed by atoms with Gasteiger partial charge in [-0.25, -0.2) is 0 Å². The number of amides is 1. The molecule has 1 aromatic rings. The Morgan fingerprint density at radius 3 is 2.08 bits per heavy atom. The Morgan fingerprint density at radius 2 is 1.54 bits per heavy atom. The average molecular weight is 393 g/mol. The molecule has 0 N–H and O–H groups in total. The van der Waals surface area contributed by atoms with E-state index in [2.05, 4.69) is 10.0 Å². The number of hydrazine groups is 1. The molecular formula is C21H26Cl2N2O. The summed E-state index contributed by atoms with van der Waals surface area (Å²) < 4.78 is 0. The number of carbonyl (C=O) groups excluding carboxylic acids is 1. The van der Waals surface area contributed by atoms with E-state index in [9.17, 15) is 4.79 Å². The van der Waals surface area contributed by atoms with Crippen molar-refractivity contribution in [2.24, 2.45) is 23.7 Å². The van der Waals surface area contributed by atoms with E-state index in [4.69, 9.17) is 23.2 Å². The van der Waals surface area contributed by atoms with Crippen LogP contribution in [-0.2, 0) is 11.3 Å². The predicted molar refractivity (Wildman–Crippen MR) is 104 cm³/mol. The molecule has 1 aliphatic heterocycles. The average Bonchev–Trinajstić information content (AvgIpc) is 2.58. The Hall–Kier alpha value is -0.770. The number of nitrogens with zero attached hydrogens (tertiary/aromatic N) is 2. The summed E-state index contributed by atoms with van der Waals surface area (Å²) >= 11 is 12.8. The third-order valence-corrected chi connectivity index (χ3v) is 8.17. The fourth-order valence-electron chi connectivity index (χ4n) is 6.42. The van der Waals surface area contributed by atoms with Crippen molar-refractivity contribution >= 4 is 29.1 Å². The second-order valence-electron chi connectivity index (χ2n) is 9.39. The second-order valence-corrected chi connectivity index (χ2v) is 10.2. The fourth-order valence-corrected chi connectivity index (χ4v) is 6.94. The van der Waals surface area contributed by atoms with Crippen LogP contribution in [0.25, 0.3) is 0 Å². The molecule has 0 aromatic heterocycles. The monoisotopic (exact) mass is 392 g/mol. The van der Waals surface area contributed by atoms with E-state index in [1.165, 1.54) is 32.1 Å². The maximum Gasteiger partial charge on any atom is 0.258 e. The second kappa shape index (κ2) is 5.86. The van der Waals surface area contributed by atoms with Crippen LogP contribution in [0.3, 0.4) is 0 Å². The third-order valence-electron chi connectivity index (χ3n) is 7.47. The number of hydrogen-bond donors (Lipinski definition) is 0. The van der Waals surface area contributed by atoms with Gasteiger partial charge in [0.25, 0.3) is 5.91 Å². The molecule has 4 bridgehead atoms. The number of rotatable bonds is 3. The van der Waals surface area contributed by atoms with Crippen LogP contribution in [0.4, 0.5) is 0 Å². The number of hydrogen-bond acceptors (Lipinski definition) is 2. The topological polar surface area (TPSA) is 23.6 Å². The van der Waals surface area contributed by atoms with Crippen molar-refractivity contribution in [3.05, 3.63) is 33.8 Å². The van der Waals surface area contributed by atoms with E-state index in [-0.39, 0.29) is 5.91 Å². The van der Waals surface area contributed by atoms with E-state index in [0.29, 0.717) is 34.5 Å². The minimum Gasteiger partial charge on any atom is -0.271 e. The summed E-state index contributed by atoms with van der Waals surface area (Å²) in [7, 11) is 0. The predicted octanol–water partition coefficient (Wildman–Crippen LogP) is 5.16. The van der Waals surface area contributed by atoms with Crippen molar-refractivity contribution in [3.8, 4) is 0 Å². The molecule has 0 radical (unpaired) electrons. The van der Waals surface area contributed by atoms with Gasteiger partial charge in [-0.05, 0) is 81.8 Å². The van der Waals surface area contributed by atoms with Crippen LogP contribution in [0.5, 0.6) is 0 Å². The molecular weight excluding hydrogens is 367 g/mol. The molecule has 1 amide bonds. The van der Waals surface area contributed by atoms with Crippen molar-refractivity contribution in [2.75, 3.05) is 0 Å². The largest absolute Gasteiger partial charge is 0.271 e. The van der Waals surface area contributed by atoms with E-state index in [1.807, 2.05) is 32.0 Å². The van der Waals surface area contributed by atoms with E-state index >= 15 is 0 Å². The molecule has 5 aliphatic rings. The lowest BCUT2D eigenvalue weighted by atomic mass is 9.53. The number of carbonyl (C=O) groups is 1. The number of halogens is 2. The van der Waals surface area contributed by atoms with Gasteiger partial charge in [-0.2, -0.15) is 5.01 Å². The zero-order chi connectivity index (χ0) is 18.2. The summed E-state index contributed by atoms with van der Waals surface area (Å²) in [4.78, 5) is 13.1. The molecule has 6 rings (SSSR count). The molecule has 0 spiro atoms. The zero-order valence-corrected chi connectivity index (χ0v) is 16.9. The quantitative estimate of drug-likeness (QED) is 0.709.